The van der Waals surface area contributed by atoms with Crippen LogP contribution in [0.3, 0.4) is 0 Å². The summed E-state index contributed by atoms with van der Waals surface area (Å²) in [6.45, 7) is 1.84. The standard InChI is InChI=1S/C19H15ClN4OS2/c1-11(27-19-21-14-8-7-13(20)9-15(14)22-19)17(25)24-18-23-16(10-26-18)12-5-3-2-4-6-12/h2-11H,1H3,(H,21,22)(H,23,24,25)/t11-/m1/s1. The molecular weight excluding hydrogens is 400 g/mol. The fraction of sp³-hybridized carbons (Fsp3) is 0.105. The summed E-state index contributed by atoms with van der Waals surface area (Å²) in [5.74, 6) is -0.118. The van der Waals surface area contributed by atoms with E-state index in [-0.39, 0.29) is 11.2 Å². The molecule has 0 aliphatic heterocycles. The van der Waals surface area contributed by atoms with Crippen LogP contribution in [-0.4, -0.2) is 26.1 Å². The van der Waals surface area contributed by atoms with Gasteiger partial charge in [0.2, 0.25) is 5.91 Å². The number of aromatic amines is 1. The molecule has 0 fully saturated rings. The van der Waals surface area contributed by atoms with Crippen LogP contribution in [0.5, 0.6) is 0 Å². The number of nitrogens with one attached hydrogen (secondary N) is 2. The molecule has 2 heterocycles. The van der Waals surface area contributed by atoms with E-state index in [9.17, 15) is 4.79 Å². The number of thioether (sulfide) groups is 1. The molecule has 0 unspecified atom stereocenters. The predicted octanol–water partition coefficient (Wildman–Crippen LogP) is 5.46. The maximum atomic E-state index is 12.5. The lowest BCUT2D eigenvalue weighted by Gasteiger charge is -2.08. The van der Waals surface area contributed by atoms with E-state index in [1.54, 1.807) is 6.07 Å². The van der Waals surface area contributed by atoms with Crippen molar-refractivity contribution in [3.05, 3.63) is 58.9 Å². The van der Waals surface area contributed by atoms with Gasteiger partial charge >= 0.3 is 0 Å². The second-order valence-electron chi connectivity index (χ2n) is 5.86. The number of hydrogen-bond donors (Lipinski definition) is 2. The summed E-state index contributed by atoms with van der Waals surface area (Å²) >= 11 is 8.77. The number of aromatic nitrogens is 3. The lowest BCUT2D eigenvalue weighted by molar-refractivity contribution is -0.115. The van der Waals surface area contributed by atoms with E-state index in [0.717, 1.165) is 22.3 Å². The Morgan fingerprint density at radius 1 is 1.22 bits per heavy atom. The van der Waals surface area contributed by atoms with Gasteiger partial charge in [0.05, 0.1) is 22.0 Å². The minimum atomic E-state index is -0.329. The molecule has 1 atom stereocenters. The highest BCUT2D eigenvalue weighted by molar-refractivity contribution is 8.00. The zero-order valence-electron chi connectivity index (χ0n) is 14.3. The van der Waals surface area contributed by atoms with Crippen molar-refractivity contribution in [2.45, 2.75) is 17.3 Å². The lowest BCUT2D eigenvalue weighted by Crippen LogP contribution is -2.22. The van der Waals surface area contributed by atoms with Gasteiger partial charge in [0.25, 0.3) is 0 Å². The molecule has 27 heavy (non-hydrogen) atoms. The van der Waals surface area contributed by atoms with Crippen LogP contribution in [0.25, 0.3) is 22.3 Å². The third-order valence-electron chi connectivity index (χ3n) is 3.88. The van der Waals surface area contributed by atoms with Crippen LogP contribution >= 0.6 is 34.7 Å². The summed E-state index contributed by atoms with van der Waals surface area (Å²) in [4.78, 5) is 24.7. The first-order chi connectivity index (χ1) is 13.1. The average Bonchev–Trinajstić information content (AvgIpc) is 3.28. The molecule has 1 amide bonds. The van der Waals surface area contributed by atoms with Crippen molar-refractivity contribution < 1.29 is 4.79 Å². The molecular formula is C19H15ClN4OS2. The van der Waals surface area contributed by atoms with E-state index < -0.39 is 0 Å². The first-order valence-electron chi connectivity index (χ1n) is 8.22. The maximum absolute atomic E-state index is 12.5. The number of carbonyl (C=O) groups excluding carboxylic acids is 1. The largest absolute Gasteiger partial charge is 0.333 e. The molecule has 4 aromatic rings. The number of H-pyrrole nitrogens is 1. The van der Waals surface area contributed by atoms with E-state index in [1.165, 1.54) is 23.1 Å². The number of anilines is 1. The quantitative estimate of drug-likeness (QED) is 0.425. The van der Waals surface area contributed by atoms with Crippen LogP contribution < -0.4 is 5.32 Å². The van der Waals surface area contributed by atoms with E-state index in [0.29, 0.717) is 15.3 Å². The number of halogens is 1. The van der Waals surface area contributed by atoms with Gasteiger partial charge < -0.3 is 10.3 Å². The predicted molar refractivity (Wildman–Crippen MR) is 113 cm³/mol. The Hall–Kier alpha value is -2.35. The summed E-state index contributed by atoms with van der Waals surface area (Å²) in [5, 5.41) is 6.40. The molecule has 0 saturated carbocycles. The maximum Gasteiger partial charge on any atom is 0.239 e. The topological polar surface area (TPSA) is 70.7 Å². The Morgan fingerprint density at radius 3 is 2.85 bits per heavy atom. The van der Waals surface area contributed by atoms with E-state index in [4.69, 9.17) is 11.6 Å². The van der Waals surface area contributed by atoms with Crippen molar-refractivity contribution in [1.29, 1.82) is 0 Å². The zero-order chi connectivity index (χ0) is 18.8. The number of thiazole rings is 1. The molecule has 2 aromatic heterocycles. The number of carbonyl (C=O) groups is 1. The van der Waals surface area contributed by atoms with E-state index in [1.807, 2.05) is 54.8 Å². The molecule has 0 bridgehead atoms. The third-order valence-corrected chi connectivity index (χ3v) is 5.86. The van der Waals surface area contributed by atoms with Gasteiger partial charge in [0, 0.05) is 16.0 Å². The molecule has 0 saturated heterocycles. The lowest BCUT2D eigenvalue weighted by atomic mass is 10.2. The Labute approximate surface area is 169 Å². The molecule has 0 aliphatic carbocycles. The van der Waals surface area contributed by atoms with Crippen molar-refractivity contribution in [3.8, 4) is 11.3 Å². The van der Waals surface area contributed by atoms with Crippen molar-refractivity contribution in [3.63, 3.8) is 0 Å². The number of imidazole rings is 1. The van der Waals surface area contributed by atoms with Gasteiger partial charge in [-0.3, -0.25) is 4.79 Å². The van der Waals surface area contributed by atoms with Crippen LogP contribution in [-0.2, 0) is 4.79 Å². The Morgan fingerprint density at radius 2 is 2.04 bits per heavy atom. The SMILES string of the molecule is C[C@@H](Sc1nc2ccc(Cl)cc2[nH]1)C(=O)Nc1nc(-c2ccccc2)cs1. The molecule has 2 aromatic carbocycles. The summed E-state index contributed by atoms with van der Waals surface area (Å²) in [7, 11) is 0. The normalized spacial score (nSPS) is 12.2. The second-order valence-corrected chi connectivity index (χ2v) is 8.48. The molecule has 8 heteroatoms. The molecule has 0 spiro atoms. The van der Waals surface area contributed by atoms with Gasteiger partial charge in [-0.25, -0.2) is 9.97 Å². The van der Waals surface area contributed by atoms with Gasteiger partial charge in [-0.2, -0.15) is 0 Å². The second kappa shape index (κ2) is 7.72. The highest BCUT2D eigenvalue weighted by Gasteiger charge is 2.18. The highest BCUT2D eigenvalue weighted by Crippen LogP contribution is 2.28. The fourth-order valence-electron chi connectivity index (χ4n) is 2.51. The summed E-state index contributed by atoms with van der Waals surface area (Å²) in [5.41, 5.74) is 3.55. The Bertz CT molecular complexity index is 1090. The minimum Gasteiger partial charge on any atom is -0.333 e. The molecule has 4 rings (SSSR count). The number of fused-ring (bicyclic) bond motifs is 1. The van der Waals surface area contributed by atoms with Crippen molar-refractivity contribution in [2.24, 2.45) is 0 Å². The number of nitrogens with zero attached hydrogens (tertiary/aromatic N) is 2. The van der Waals surface area contributed by atoms with Crippen LogP contribution in [0.4, 0.5) is 5.13 Å². The Balaban J connectivity index is 1.42. The van der Waals surface area contributed by atoms with Crippen LogP contribution in [0.2, 0.25) is 5.02 Å². The van der Waals surface area contributed by atoms with Crippen molar-refractivity contribution in [2.75, 3.05) is 5.32 Å². The van der Waals surface area contributed by atoms with Crippen LogP contribution in [0.15, 0.2) is 59.1 Å². The van der Waals surface area contributed by atoms with Gasteiger partial charge in [0.1, 0.15) is 0 Å². The Kier molecular flexibility index (Phi) is 5.15. The number of benzene rings is 2. The van der Waals surface area contributed by atoms with Crippen molar-refractivity contribution in [1.82, 2.24) is 15.0 Å². The monoisotopic (exact) mass is 414 g/mol. The smallest absolute Gasteiger partial charge is 0.239 e. The molecule has 136 valence electrons. The van der Waals surface area contributed by atoms with E-state index >= 15 is 0 Å². The summed E-state index contributed by atoms with van der Waals surface area (Å²) in [6.07, 6.45) is 0. The molecule has 0 radical (unpaired) electrons. The molecule has 0 aliphatic rings. The highest BCUT2D eigenvalue weighted by atomic mass is 35.5. The average molecular weight is 415 g/mol. The van der Waals surface area contributed by atoms with Gasteiger partial charge in [-0.15, -0.1) is 11.3 Å². The summed E-state index contributed by atoms with van der Waals surface area (Å²) < 4.78 is 0. The number of rotatable bonds is 5. The van der Waals surface area contributed by atoms with Crippen LogP contribution in [0.1, 0.15) is 6.92 Å². The van der Waals surface area contributed by atoms with Gasteiger partial charge in [-0.05, 0) is 25.1 Å². The van der Waals surface area contributed by atoms with Gasteiger partial charge in [-0.1, -0.05) is 53.7 Å². The summed E-state index contributed by atoms with van der Waals surface area (Å²) in [6, 6.07) is 15.3. The van der Waals surface area contributed by atoms with E-state index in [2.05, 4.69) is 20.3 Å². The third kappa shape index (κ3) is 4.16. The van der Waals surface area contributed by atoms with Gasteiger partial charge in [0.15, 0.2) is 10.3 Å². The molecule has 2 N–H and O–H groups in total. The minimum absolute atomic E-state index is 0.118. The fourth-order valence-corrected chi connectivity index (χ4v) is 4.23. The first-order valence-corrected chi connectivity index (χ1v) is 10.4. The zero-order valence-corrected chi connectivity index (χ0v) is 16.7. The van der Waals surface area contributed by atoms with Crippen LogP contribution in [0, 0.1) is 0 Å². The van der Waals surface area contributed by atoms with Crippen molar-refractivity contribution >= 4 is 56.8 Å². The number of hydrogen-bond acceptors (Lipinski definition) is 5. The number of amides is 1. The molecule has 5 nitrogen and oxygen atoms in total. The first kappa shape index (κ1) is 18.0.